The summed E-state index contributed by atoms with van der Waals surface area (Å²) in [6.07, 6.45) is 2.12. The summed E-state index contributed by atoms with van der Waals surface area (Å²) in [4.78, 5) is 41.4. The lowest BCUT2D eigenvalue weighted by Gasteiger charge is -2.27. The van der Waals surface area contributed by atoms with Crippen LogP contribution in [0.4, 0.5) is 0 Å². The molecule has 0 radical (unpaired) electrons. The lowest BCUT2D eigenvalue weighted by Crippen LogP contribution is -2.46. The summed E-state index contributed by atoms with van der Waals surface area (Å²) in [7, 11) is 0. The molecule has 0 unspecified atom stereocenters. The molecule has 1 atom stereocenters. The fourth-order valence-corrected chi connectivity index (χ4v) is 3.55. The van der Waals surface area contributed by atoms with Gasteiger partial charge in [0.05, 0.1) is 12.8 Å². The lowest BCUT2D eigenvalue weighted by atomic mass is 10.1. The van der Waals surface area contributed by atoms with Crippen molar-refractivity contribution in [1.82, 2.24) is 15.2 Å². The molecule has 24 heavy (non-hydrogen) atoms. The van der Waals surface area contributed by atoms with Gasteiger partial charge >= 0.3 is 0 Å². The molecule has 0 spiro atoms. The summed E-state index contributed by atoms with van der Waals surface area (Å²) in [6, 6.07) is 7.32. The molecular weight excluding hydrogens is 306 g/mol. The fourth-order valence-electron chi connectivity index (χ4n) is 3.55. The highest BCUT2D eigenvalue weighted by Gasteiger charge is 2.44. The third-order valence-electron chi connectivity index (χ3n) is 4.86. The Morgan fingerprint density at radius 3 is 2.67 bits per heavy atom. The first-order chi connectivity index (χ1) is 11.5. The quantitative estimate of drug-likeness (QED) is 0.834. The smallest absolute Gasteiger partial charge is 0.249 e. The molecule has 1 aromatic heterocycles. The van der Waals surface area contributed by atoms with E-state index in [2.05, 4.69) is 10.3 Å². The number of nitrogens with one attached hydrogen (secondary N) is 2. The van der Waals surface area contributed by atoms with Crippen LogP contribution in [0.3, 0.4) is 0 Å². The second-order valence-electron chi connectivity index (χ2n) is 6.62. The molecule has 2 N–H and O–H groups in total. The van der Waals surface area contributed by atoms with Crippen LogP contribution in [0.1, 0.15) is 30.5 Å². The van der Waals surface area contributed by atoms with Crippen LogP contribution < -0.4 is 5.32 Å². The Bertz CT molecular complexity index is 850. The van der Waals surface area contributed by atoms with Gasteiger partial charge in [-0.25, -0.2) is 0 Å². The maximum absolute atomic E-state index is 12.9. The van der Waals surface area contributed by atoms with Crippen LogP contribution in [0.5, 0.6) is 0 Å². The number of nitrogens with zero attached hydrogens (tertiary/aromatic N) is 1. The van der Waals surface area contributed by atoms with Gasteiger partial charge in [0.1, 0.15) is 6.04 Å². The van der Waals surface area contributed by atoms with E-state index in [4.69, 9.17) is 0 Å². The molecule has 1 saturated carbocycles. The second-order valence-corrected chi connectivity index (χ2v) is 6.62. The SMILES string of the molecule is Cc1[nH]c2ccccc2c1CC(=O)N(C1CC1)[C@H]1CC(=O)NC1=O. The highest BCUT2D eigenvalue weighted by Crippen LogP contribution is 2.32. The maximum Gasteiger partial charge on any atom is 0.249 e. The summed E-state index contributed by atoms with van der Waals surface area (Å²) in [5.41, 5.74) is 2.93. The number of fused-ring (bicyclic) bond motifs is 1. The minimum absolute atomic E-state index is 0.0773. The van der Waals surface area contributed by atoms with Crippen LogP contribution in [0.15, 0.2) is 24.3 Å². The van der Waals surface area contributed by atoms with Gasteiger partial charge in [-0.05, 0) is 31.4 Å². The van der Waals surface area contributed by atoms with Gasteiger partial charge in [-0.15, -0.1) is 0 Å². The van der Waals surface area contributed by atoms with E-state index in [0.29, 0.717) is 0 Å². The molecule has 2 heterocycles. The molecule has 1 saturated heterocycles. The number of benzene rings is 1. The first-order valence-corrected chi connectivity index (χ1v) is 8.25. The number of imide groups is 1. The largest absolute Gasteiger partial charge is 0.358 e. The van der Waals surface area contributed by atoms with Gasteiger partial charge in [0.25, 0.3) is 0 Å². The number of aromatic nitrogens is 1. The molecule has 4 rings (SSSR count). The molecule has 1 aromatic carbocycles. The van der Waals surface area contributed by atoms with E-state index in [9.17, 15) is 14.4 Å². The number of rotatable bonds is 4. The highest BCUT2D eigenvalue weighted by atomic mass is 16.2. The fraction of sp³-hybridized carbons (Fsp3) is 0.389. The van der Waals surface area contributed by atoms with Crippen LogP contribution in [0, 0.1) is 6.92 Å². The van der Waals surface area contributed by atoms with E-state index in [-0.39, 0.29) is 36.6 Å². The van der Waals surface area contributed by atoms with Crippen molar-refractivity contribution < 1.29 is 14.4 Å². The third kappa shape index (κ3) is 2.48. The number of para-hydroxylation sites is 1. The minimum Gasteiger partial charge on any atom is -0.358 e. The maximum atomic E-state index is 12.9. The van der Waals surface area contributed by atoms with Crippen molar-refractivity contribution in [3.63, 3.8) is 0 Å². The van der Waals surface area contributed by atoms with Gasteiger partial charge in [-0.2, -0.15) is 0 Å². The molecular formula is C18H19N3O3. The summed E-state index contributed by atoms with van der Waals surface area (Å²) in [6.45, 7) is 1.95. The Hall–Kier alpha value is -2.63. The highest BCUT2D eigenvalue weighted by molar-refractivity contribution is 6.07. The molecule has 2 aromatic rings. The molecule has 6 nitrogen and oxygen atoms in total. The molecule has 1 aliphatic heterocycles. The van der Waals surface area contributed by atoms with E-state index in [1.54, 1.807) is 4.90 Å². The third-order valence-corrected chi connectivity index (χ3v) is 4.86. The van der Waals surface area contributed by atoms with Gasteiger partial charge in [0, 0.05) is 22.6 Å². The molecule has 3 amide bonds. The number of H-pyrrole nitrogens is 1. The first kappa shape index (κ1) is 14.9. The van der Waals surface area contributed by atoms with E-state index in [1.807, 2.05) is 31.2 Å². The van der Waals surface area contributed by atoms with Crippen LogP contribution >= 0.6 is 0 Å². The van der Waals surface area contributed by atoms with Crippen LogP contribution in [-0.4, -0.2) is 39.7 Å². The average molecular weight is 325 g/mol. The number of carbonyl (C=O) groups excluding carboxylic acids is 3. The second kappa shape index (κ2) is 5.47. The zero-order valence-electron chi connectivity index (χ0n) is 13.5. The van der Waals surface area contributed by atoms with Crippen LogP contribution in [0.25, 0.3) is 10.9 Å². The number of hydrogen-bond acceptors (Lipinski definition) is 3. The molecule has 2 fully saturated rings. The first-order valence-electron chi connectivity index (χ1n) is 8.25. The van der Waals surface area contributed by atoms with Crippen molar-refractivity contribution in [1.29, 1.82) is 0 Å². The Labute approximate surface area is 139 Å². The predicted molar refractivity (Wildman–Crippen MR) is 88.2 cm³/mol. The standard InChI is InChI=1S/C18H19N3O3/c1-10-13(12-4-2-3-5-14(12)19-10)8-17(23)21(11-6-7-11)15-9-16(22)20-18(15)24/h2-5,11,15,19H,6-9H2,1H3,(H,20,22,24)/t15-/m0/s1. The van der Waals surface area contributed by atoms with Crippen molar-refractivity contribution in [2.24, 2.45) is 0 Å². The predicted octanol–water partition coefficient (Wildman–Crippen LogP) is 1.42. The molecule has 1 aliphatic carbocycles. The van der Waals surface area contributed by atoms with Crippen molar-refractivity contribution in [3.05, 3.63) is 35.5 Å². The molecule has 0 bridgehead atoms. The van der Waals surface area contributed by atoms with Crippen LogP contribution in [-0.2, 0) is 20.8 Å². The minimum atomic E-state index is -0.650. The normalized spacial score (nSPS) is 20.5. The van der Waals surface area contributed by atoms with Gasteiger partial charge in [-0.1, -0.05) is 18.2 Å². The van der Waals surface area contributed by atoms with Gasteiger partial charge < -0.3 is 9.88 Å². The van der Waals surface area contributed by atoms with Gasteiger partial charge in [-0.3, -0.25) is 19.7 Å². The Morgan fingerprint density at radius 1 is 1.25 bits per heavy atom. The van der Waals surface area contributed by atoms with Crippen LogP contribution in [0.2, 0.25) is 0 Å². The number of aryl methyl sites for hydroxylation is 1. The van der Waals surface area contributed by atoms with E-state index in [0.717, 1.165) is 35.0 Å². The zero-order chi connectivity index (χ0) is 16.8. The van der Waals surface area contributed by atoms with Crippen molar-refractivity contribution in [2.45, 2.75) is 44.7 Å². The number of hydrogen-bond donors (Lipinski definition) is 2. The summed E-state index contributed by atoms with van der Waals surface area (Å²) >= 11 is 0. The van der Waals surface area contributed by atoms with E-state index < -0.39 is 6.04 Å². The van der Waals surface area contributed by atoms with E-state index >= 15 is 0 Å². The Kier molecular flexibility index (Phi) is 3.40. The van der Waals surface area contributed by atoms with Gasteiger partial charge in [0.2, 0.25) is 17.7 Å². The molecule has 2 aliphatic rings. The molecule has 124 valence electrons. The molecule has 6 heteroatoms. The summed E-state index contributed by atoms with van der Waals surface area (Å²) in [5.74, 6) is -0.733. The summed E-state index contributed by atoms with van der Waals surface area (Å²) < 4.78 is 0. The average Bonchev–Trinajstić information content (AvgIpc) is 3.24. The van der Waals surface area contributed by atoms with Crippen molar-refractivity contribution in [3.8, 4) is 0 Å². The Balaban J connectivity index is 1.63. The topological polar surface area (TPSA) is 82.3 Å². The Morgan fingerprint density at radius 2 is 2.00 bits per heavy atom. The summed E-state index contributed by atoms with van der Waals surface area (Å²) in [5, 5.41) is 3.34. The van der Waals surface area contributed by atoms with Crippen molar-refractivity contribution >= 4 is 28.6 Å². The number of aromatic amines is 1. The van der Waals surface area contributed by atoms with Gasteiger partial charge in [0.15, 0.2) is 0 Å². The van der Waals surface area contributed by atoms with Crippen molar-refractivity contribution in [2.75, 3.05) is 0 Å². The van der Waals surface area contributed by atoms with E-state index in [1.165, 1.54) is 0 Å². The monoisotopic (exact) mass is 325 g/mol. The zero-order valence-corrected chi connectivity index (χ0v) is 13.5. The number of amides is 3. The number of carbonyl (C=O) groups is 3. The lowest BCUT2D eigenvalue weighted by molar-refractivity contribution is -0.139.